The van der Waals surface area contributed by atoms with E-state index in [2.05, 4.69) is 20.6 Å². The summed E-state index contributed by atoms with van der Waals surface area (Å²) in [4.78, 5) is 33.2. The molecule has 0 bridgehead atoms. The Labute approximate surface area is 213 Å². The van der Waals surface area contributed by atoms with E-state index in [0.29, 0.717) is 16.8 Å². The minimum absolute atomic E-state index is 0.0700. The molecule has 0 aliphatic heterocycles. The van der Waals surface area contributed by atoms with Crippen LogP contribution in [0.5, 0.6) is 0 Å². The zero-order valence-corrected chi connectivity index (χ0v) is 20.3. The average Bonchev–Trinajstić information content (AvgIpc) is 3.59. The largest absolute Gasteiger partial charge is 0.467 e. The second kappa shape index (κ2) is 10.9. The van der Waals surface area contributed by atoms with Gasteiger partial charge in [-0.25, -0.2) is 4.68 Å². The van der Waals surface area contributed by atoms with Gasteiger partial charge in [0.2, 0.25) is 11.8 Å². The molecule has 0 saturated heterocycles. The molecule has 0 spiro atoms. The first kappa shape index (κ1) is 23.9. The van der Waals surface area contributed by atoms with Crippen molar-refractivity contribution in [1.29, 1.82) is 0 Å². The number of nitrogens with one attached hydrogen (secondary N) is 1. The van der Waals surface area contributed by atoms with E-state index in [-0.39, 0.29) is 31.4 Å². The molecule has 0 saturated carbocycles. The zero-order valence-electron chi connectivity index (χ0n) is 20.3. The van der Waals surface area contributed by atoms with Crippen molar-refractivity contribution in [3.8, 4) is 0 Å². The molecule has 0 radical (unpaired) electrons. The van der Waals surface area contributed by atoms with Crippen molar-refractivity contribution >= 4 is 22.8 Å². The van der Waals surface area contributed by atoms with Gasteiger partial charge in [-0.2, -0.15) is 0 Å². The fourth-order valence-electron chi connectivity index (χ4n) is 4.17. The minimum atomic E-state index is -0.901. The first-order valence-corrected chi connectivity index (χ1v) is 11.9. The molecule has 3 heterocycles. The van der Waals surface area contributed by atoms with Crippen LogP contribution in [0.15, 0.2) is 95.9 Å². The molecule has 5 rings (SSSR count). The van der Waals surface area contributed by atoms with Crippen molar-refractivity contribution in [3.63, 3.8) is 0 Å². The number of aryl methyl sites for hydroxylation is 1. The summed E-state index contributed by atoms with van der Waals surface area (Å²) in [5.74, 6) is 0.0185. The standard InChI is InChI=1S/C28H26N6O3/c1-20-8-10-21(11-9-20)18-33(26(35)19-34-25-7-3-2-6-24(25)31-32-34)27(22-12-14-29-15-13-22)28(36)30-17-23-5-4-16-37-23/h2-16,27H,17-19H2,1H3,(H,30,36). The van der Waals surface area contributed by atoms with Crippen LogP contribution in [0.1, 0.15) is 28.5 Å². The molecule has 0 aliphatic carbocycles. The lowest BCUT2D eigenvalue weighted by Gasteiger charge is -2.31. The van der Waals surface area contributed by atoms with Gasteiger partial charge in [-0.3, -0.25) is 14.6 Å². The Morgan fingerprint density at radius 2 is 1.78 bits per heavy atom. The first-order valence-electron chi connectivity index (χ1n) is 11.9. The number of hydrogen-bond donors (Lipinski definition) is 1. The fraction of sp³-hybridized carbons (Fsp3) is 0.179. The van der Waals surface area contributed by atoms with Crippen LogP contribution in [0.2, 0.25) is 0 Å². The van der Waals surface area contributed by atoms with Gasteiger partial charge >= 0.3 is 0 Å². The number of benzene rings is 2. The maximum atomic E-state index is 13.9. The number of nitrogens with zero attached hydrogens (tertiary/aromatic N) is 5. The summed E-state index contributed by atoms with van der Waals surface area (Å²) in [6, 6.07) is 21.5. The van der Waals surface area contributed by atoms with Crippen molar-refractivity contribution in [1.82, 2.24) is 30.2 Å². The van der Waals surface area contributed by atoms with Gasteiger partial charge in [-0.1, -0.05) is 47.2 Å². The number of carbonyl (C=O) groups is 2. The smallest absolute Gasteiger partial charge is 0.247 e. The molecular weight excluding hydrogens is 468 g/mol. The number of carbonyl (C=O) groups excluding carboxylic acids is 2. The van der Waals surface area contributed by atoms with E-state index < -0.39 is 6.04 Å². The molecule has 5 aromatic rings. The molecule has 9 heteroatoms. The Hall–Kier alpha value is -4.79. The summed E-state index contributed by atoms with van der Waals surface area (Å²) < 4.78 is 6.93. The molecule has 2 amide bonds. The number of para-hydroxylation sites is 1. The molecule has 9 nitrogen and oxygen atoms in total. The van der Waals surface area contributed by atoms with Crippen LogP contribution in [0.3, 0.4) is 0 Å². The lowest BCUT2D eigenvalue weighted by Crippen LogP contribution is -2.44. The monoisotopic (exact) mass is 494 g/mol. The number of hydrogen-bond acceptors (Lipinski definition) is 6. The van der Waals surface area contributed by atoms with Gasteiger partial charge in [0.1, 0.15) is 23.9 Å². The van der Waals surface area contributed by atoms with E-state index in [0.717, 1.165) is 16.6 Å². The third-order valence-corrected chi connectivity index (χ3v) is 6.10. The van der Waals surface area contributed by atoms with Crippen LogP contribution in [0.25, 0.3) is 11.0 Å². The van der Waals surface area contributed by atoms with E-state index in [9.17, 15) is 9.59 Å². The topological polar surface area (TPSA) is 106 Å². The van der Waals surface area contributed by atoms with E-state index in [4.69, 9.17) is 4.42 Å². The highest BCUT2D eigenvalue weighted by atomic mass is 16.3. The molecule has 1 unspecified atom stereocenters. The summed E-state index contributed by atoms with van der Waals surface area (Å²) in [6.07, 6.45) is 4.78. The van der Waals surface area contributed by atoms with Crippen LogP contribution in [0.4, 0.5) is 0 Å². The zero-order chi connectivity index (χ0) is 25.6. The lowest BCUT2D eigenvalue weighted by atomic mass is 10.0. The predicted octanol–water partition coefficient (Wildman–Crippen LogP) is 3.81. The van der Waals surface area contributed by atoms with Gasteiger partial charge < -0.3 is 14.6 Å². The fourth-order valence-corrected chi connectivity index (χ4v) is 4.17. The molecule has 1 atom stereocenters. The van der Waals surface area contributed by atoms with Gasteiger partial charge in [0.05, 0.1) is 18.3 Å². The molecule has 186 valence electrons. The molecular formula is C28H26N6O3. The van der Waals surface area contributed by atoms with E-state index in [1.54, 1.807) is 52.5 Å². The van der Waals surface area contributed by atoms with Crippen molar-refractivity contribution in [2.24, 2.45) is 0 Å². The number of pyridine rings is 1. The summed E-state index contributed by atoms with van der Waals surface area (Å²) in [5.41, 5.74) is 4.10. The van der Waals surface area contributed by atoms with Crippen LogP contribution < -0.4 is 5.32 Å². The summed E-state index contributed by atoms with van der Waals surface area (Å²) in [5, 5.41) is 11.3. The Bertz CT molecular complexity index is 1480. The highest BCUT2D eigenvalue weighted by Crippen LogP contribution is 2.25. The van der Waals surface area contributed by atoms with Crippen LogP contribution >= 0.6 is 0 Å². The maximum Gasteiger partial charge on any atom is 0.247 e. The molecule has 0 fully saturated rings. The number of furan rings is 1. The van der Waals surface area contributed by atoms with Crippen LogP contribution in [-0.4, -0.2) is 36.7 Å². The normalized spacial score (nSPS) is 11.8. The third-order valence-electron chi connectivity index (χ3n) is 6.10. The predicted molar refractivity (Wildman–Crippen MR) is 137 cm³/mol. The summed E-state index contributed by atoms with van der Waals surface area (Å²) in [7, 11) is 0. The Morgan fingerprint density at radius 1 is 1.00 bits per heavy atom. The van der Waals surface area contributed by atoms with Crippen molar-refractivity contribution < 1.29 is 14.0 Å². The van der Waals surface area contributed by atoms with Gasteiger partial charge in [-0.05, 0) is 54.4 Å². The van der Waals surface area contributed by atoms with Gasteiger partial charge in [-0.15, -0.1) is 5.10 Å². The second-order valence-electron chi connectivity index (χ2n) is 8.72. The lowest BCUT2D eigenvalue weighted by molar-refractivity contribution is -0.142. The molecule has 37 heavy (non-hydrogen) atoms. The number of rotatable bonds is 9. The molecule has 0 aliphatic rings. The van der Waals surface area contributed by atoms with E-state index in [1.165, 1.54) is 0 Å². The highest BCUT2D eigenvalue weighted by molar-refractivity contribution is 5.89. The van der Waals surface area contributed by atoms with E-state index >= 15 is 0 Å². The third kappa shape index (κ3) is 5.56. The average molecular weight is 495 g/mol. The van der Waals surface area contributed by atoms with Crippen LogP contribution in [0, 0.1) is 6.92 Å². The first-order chi connectivity index (χ1) is 18.1. The summed E-state index contributed by atoms with van der Waals surface area (Å²) in [6.45, 7) is 2.37. The minimum Gasteiger partial charge on any atom is -0.467 e. The van der Waals surface area contributed by atoms with Gasteiger partial charge in [0.15, 0.2) is 0 Å². The van der Waals surface area contributed by atoms with Gasteiger partial charge in [0.25, 0.3) is 0 Å². The second-order valence-corrected chi connectivity index (χ2v) is 8.72. The van der Waals surface area contributed by atoms with E-state index in [1.807, 2.05) is 55.5 Å². The molecule has 1 N–H and O–H groups in total. The van der Waals surface area contributed by atoms with Gasteiger partial charge in [0, 0.05) is 18.9 Å². The number of fused-ring (bicyclic) bond motifs is 1. The molecule has 3 aromatic heterocycles. The SMILES string of the molecule is Cc1ccc(CN(C(=O)Cn2nnc3ccccc32)C(C(=O)NCc2ccco2)c2ccncc2)cc1. The summed E-state index contributed by atoms with van der Waals surface area (Å²) >= 11 is 0. The Morgan fingerprint density at radius 3 is 2.54 bits per heavy atom. The van der Waals surface area contributed by atoms with Crippen molar-refractivity contribution in [3.05, 3.63) is 114 Å². The Kier molecular flexibility index (Phi) is 7.02. The Balaban J connectivity index is 1.50. The van der Waals surface area contributed by atoms with Crippen LogP contribution in [-0.2, 0) is 29.2 Å². The van der Waals surface area contributed by atoms with Crippen molar-refractivity contribution in [2.45, 2.75) is 32.6 Å². The van der Waals surface area contributed by atoms with Crippen molar-refractivity contribution in [2.75, 3.05) is 0 Å². The number of amides is 2. The number of aromatic nitrogens is 4. The molecule has 2 aromatic carbocycles. The maximum absolute atomic E-state index is 13.9. The highest BCUT2D eigenvalue weighted by Gasteiger charge is 2.32. The quantitative estimate of drug-likeness (QED) is 0.334.